The van der Waals surface area contributed by atoms with E-state index in [1.165, 1.54) is 0 Å². The van der Waals surface area contributed by atoms with E-state index in [-0.39, 0.29) is 24.4 Å². The Morgan fingerprint density at radius 1 is 0.436 bits per heavy atom. The van der Waals surface area contributed by atoms with Crippen molar-refractivity contribution in [1.29, 1.82) is 0 Å². The Bertz CT molecular complexity index is 769. The van der Waals surface area contributed by atoms with Crippen LogP contribution in [0.4, 0.5) is 0 Å². The molecule has 0 aromatic rings. The molecule has 220 valence electrons. The maximum absolute atomic E-state index is 13.6. The van der Waals surface area contributed by atoms with Crippen molar-refractivity contribution in [3.8, 4) is 0 Å². The van der Waals surface area contributed by atoms with Gasteiger partial charge in [-0.15, -0.1) is 0 Å². The number of carbonyl (C=O) groups is 4. The Kier molecular flexibility index (Phi) is 11.9. The van der Waals surface area contributed by atoms with E-state index in [0.717, 1.165) is 128 Å². The predicted molar refractivity (Wildman–Crippen MR) is 143 cm³/mol. The molecule has 39 heavy (non-hydrogen) atoms. The van der Waals surface area contributed by atoms with Crippen molar-refractivity contribution >= 4 is 23.9 Å². The summed E-state index contributed by atoms with van der Waals surface area (Å²) in [7, 11) is 0. The highest BCUT2D eigenvalue weighted by atomic mass is 16.6. The average molecular weight is 549 g/mol. The maximum atomic E-state index is 13.6. The highest BCUT2D eigenvalue weighted by Crippen LogP contribution is 2.31. The molecule has 4 saturated carbocycles. The van der Waals surface area contributed by atoms with Gasteiger partial charge >= 0.3 is 23.9 Å². The van der Waals surface area contributed by atoms with Crippen molar-refractivity contribution in [3.63, 3.8) is 0 Å². The smallest absolute Gasteiger partial charge is 0.321 e. The van der Waals surface area contributed by atoms with Gasteiger partial charge in [0.25, 0.3) is 0 Å². The monoisotopic (exact) mass is 548 g/mol. The van der Waals surface area contributed by atoms with Crippen LogP contribution in [0.1, 0.15) is 135 Å². The molecule has 1 unspecified atom stereocenters. The average Bonchev–Trinajstić information content (AvgIpc) is 2.95. The molecule has 0 heterocycles. The first kappa shape index (κ1) is 29.9. The lowest BCUT2D eigenvalue weighted by Crippen LogP contribution is -2.43. The largest absolute Gasteiger partial charge is 0.462 e. The predicted octanol–water partition coefficient (Wildman–Crippen LogP) is 6.11. The zero-order valence-electron chi connectivity index (χ0n) is 23.6. The maximum Gasteiger partial charge on any atom is 0.321 e. The van der Waals surface area contributed by atoms with E-state index >= 15 is 0 Å². The Morgan fingerprint density at radius 3 is 1.10 bits per heavy atom. The molecule has 4 rings (SSSR count). The molecule has 0 aromatic carbocycles. The summed E-state index contributed by atoms with van der Waals surface area (Å²) < 4.78 is 23.2. The van der Waals surface area contributed by atoms with Crippen LogP contribution >= 0.6 is 0 Å². The molecule has 4 fully saturated rings. The lowest BCUT2D eigenvalue weighted by molar-refractivity contribution is -0.181. The van der Waals surface area contributed by atoms with Gasteiger partial charge in [-0.2, -0.15) is 0 Å². The number of carbonyl (C=O) groups excluding carboxylic acids is 4. The van der Waals surface area contributed by atoms with Crippen LogP contribution in [0.15, 0.2) is 0 Å². The van der Waals surface area contributed by atoms with Gasteiger partial charge in [-0.1, -0.05) is 25.7 Å². The standard InChI is InChI=1S/C31H48O8/c32-27(36-22-13-5-1-6-14-22)21-26(29(33)37-23-15-7-2-8-16-23)28(30(34)38-24-17-9-3-10-18-24)31(35)39-25-19-11-4-12-20-25/h22-26,28H,1-21H2. The lowest BCUT2D eigenvalue weighted by Gasteiger charge is -2.30. The van der Waals surface area contributed by atoms with E-state index in [4.69, 9.17) is 18.9 Å². The molecule has 0 radical (unpaired) electrons. The second-order valence-corrected chi connectivity index (χ2v) is 12.1. The van der Waals surface area contributed by atoms with Gasteiger partial charge in [0.05, 0.1) is 12.3 Å². The van der Waals surface area contributed by atoms with Crippen molar-refractivity contribution in [3.05, 3.63) is 0 Å². The molecular weight excluding hydrogens is 500 g/mol. The van der Waals surface area contributed by atoms with E-state index in [0.29, 0.717) is 0 Å². The van der Waals surface area contributed by atoms with Gasteiger partial charge in [-0.25, -0.2) is 0 Å². The molecule has 0 bridgehead atoms. The van der Waals surface area contributed by atoms with Gasteiger partial charge in [0, 0.05) is 0 Å². The van der Waals surface area contributed by atoms with Crippen LogP contribution in [-0.4, -0.2) is 48.3 Å². The molecule has 0 aliphatic heterocycles. The van der Waals surface area contributed by atoms with E-state index in [2.05, 4.69) is 0 Å². The van der Waals surface area contributed by atoms with Crippen molar-refractivity contribution in [2.24, 2.45) is 11.8 Å². The summed E-state index contributed by atoms with van der Waals surface area (Å²) in [6.45, 7) is 0. The van der Waals surface area contributed by atoms with Gasteiger partial charge in [0.1, 0.15) is 24.4 Å². The third-order valence-corrected chi connectivity index (χ3v) is 8.95. The molecule has 8 heteroatoms. The topological polar surface area (TPSA) is 105 Å². The normalized spacial score (nSPS) is 23.1. The first-order valence-corrected chi connectivity index (χ1v) is 15.8. The van der Waals surface area contributed by atoms with E-state index in [1.54, 1.807) is 0 Å². The fourth-order valence-corrected chi connectivity index (χ4v) is 6.63. The Balaban J connectivity index is 1.53. The Labute approximate surface area is 233 Å². The van der Waals surface area contributed by atoms with Gasteiger partial charge in [0.2, 0.25) is 0 Å². The molecule has 0 saturated heterocycles. The number of ether oxygens (including phenoxy) is 4. The molecule has 1 atom stereocenters. The van der Waals surface area contributed by atoms with Crippen LogP contribution in [0, 0.1) is 11.8 Å². The van der Waals surface area contributed by atoms with Crippen molar-refractivity contribution in [1.82, 2.24) is 0 Å². The number of hydrogen-bond acceptors (Lipinski definition) is 8. The summed E-state index contributed by atoms with van der Waals surface area (Å²) in [5, 5.41) is 0. The van der Waals surface area contributed by atoms with Crippen LogP contribution in [0.25, 0.3) is 0 Å². The number of hydrogen-bond donors (Lipinski definition) is 0. The Morgan fingerprint density at radius 2 is 0.744 bits per heavy atom. The zero-order chi connectivity index (χ0) is 27.5. The van der Waals surface area contributed by atoms with Crippen LogP contribution in [0.5, 0.6) is 0 Å². The van der Waals surface area contributed by atoms with E-state index in [9.17, 15) is 19.2 Å². The van der Waals surface area contributed by atoms with Crippen molar-refractivity contribution in [2.75, 3.05) is 0 Å². The fraction of sp³-hybridized carbons (Fsp3) is 0.871. The minimum absolute atomic E-state index is 0.192. The number of rotatable bonds is 10. The van der Waals surface area contributed by atoms with Gasteiger partial charge in [0.15, 0.2) is 5.92 Å². The molecule has 0 spiro atoms. The lowest BCUT2D eigenvalue weighted by atomic mass is 9.88. The summed E-state index contributed by atoms with van der Waals surface area (Å²) in [6, 6.07) is 0. The summed E-state index contributed by atoms with van der Waals surface area (Å²) in [5.41, 5.74) is 0. The first-order valence-electron chi connectivity index (χ1n) is 15.8. The molecule has 8 nitrogen and oxygen atoms in total. The van der Waals surface area contributed by atoms with Crippen LogP contribution in [0.2, 0.25) is 0 Å². The van der Waals surface area contributed by atoms with Gasteiger partial charge < -0.3 is 18.9 Å². The SMILES string of the molecule is O=C(CC(C(=O)OC1CCCCC1)C(C(=O)OC1CCCCC1)C(=O)OC1CCCCC1)OC1CCCCC1. The summed E-state index contributed by atoms with van der Waals surface area (Å²) in [6.07, 6.45) is 16.7. The first-order chi connectivity index (χ1) is 19.0. The highest BCUT2D eigenvalue weighted by molar-refractivity contribution is 6.00. The van der Waals surface area contributed by atoms with Gasteiger partial charge in [-0.05, 0) is 103 Å². The zero-order valence-corrected chi connectivity index (χ0v) is 23.6. The molecule has 4 aliphatic carbocycles. The minimum atomic E-state index is -1.54. The molecule has 0 aromatic heterocycles. The third-order valence-electron chi connectivity index (χ3n) is 8.95. The van der Waals surface area contributed by atoms with Crippen LogP contribution < -0.4 is 0 Å². The quantitative estimate of drug-likeness (QED) is 0.183. The summed E-state index contributed by atoms with van der Waals surface area (Å²) in [5.74, 6) is -5.70. The molecule has 0 N–H and O–H groups in total. The van der Waals surface area contributed by atoms with E-state index < -0.39 is 42.1 Å². The molecule has 0 amide bonds. The minimum Gasteiger partial charge on any atom is -0.462 e. The van der Waals surface area contributed by atoms with Crippen molar-refractivity contribution in [2.45, 2.75) is 159 Å². The highest BCUT2D eigenvalue weighted by Gasteiger charge is 2.46. The second kappa shape index (κ2) is 15.6. The number of esters is 4. The molecular formula is C31H48O8. The van der Waals surface area contributed by atoms with E-state index in [1.807, 2.05) is 0 Å². The van der Waals surface area contributed by atoms with Crippen molar-refractivity contribution < 1.29 is 38.1 Å². The van der Waals surface area contributed by atoms with Gasteiger partial charge in [-0.3, -0.25) is 19.2 Å². The fourth-order valence-electron chi connectivity index (χ4n) is 6.63. The summed E-state index contributed by atoms with van der Waals surface area (Å²) >= 11 is 0. The second-order valence-electron chi connectivity index (χ2n) is 12.1. The molecule has 4 aliphatic rings. The summed E-state index contributed by atoms with van der Waals surface area (Å²) in [4.78, 5) is 54.0. The Hall–Kier alpha value is -2.12. The van der Waals surface area contributed by atoms with Crippen LogP contribution in [-0.2, 0) is 38.1 Å². The third kappa shape index (κ3) is 9.49. The van der Waals surface area contributed by atoms with Crippen LogP contribution in [0.3, 0.4) is 0 Å².